The molecule has 4 rings (SSSR count). The predicted octanol–water partition coefficient (Wildman–Crippen LogP) is 4.03. The Bertz CT molecular complexity index is 1100. The highest BCUT2D eigenvalue weighted by molar-refractivity contribution is 5.95. The molecule has 1 fully saturated rings. The number of nitrogens with zero attached hydrogens (tertiary/aromatic N) is 2. The van der Waals surface area contributed by atoms with E-state index in [1.165, 1.54) is 0 Å². The Labute approximate surface area is 187 Å². The number of aromatic nitrogens is 1. The molecule has 32 heavy (non-hydrogen) atoms. The largest absolute Gasteiger partial charge is 0.489 e. The minimum atomic E-state index is -0.125. The van der Waals surface area contributed by atoms with Crippen LogP contribution in [-0.2, 0) is 13.2 Å². The first-order chi connectivity index (χ1) is 15.5. The second kappa shape index (κ2) is 9.26. The Balaban J connectivity index is 1.46. The van der Waals surface area contributed by atoms with E-state index in [4.69, 9.17) is 9.26 Å². The van der Waals surface area contributed by atoms with Gasteiger partial charge in [-0.15, -0.1) is 0 Å². The lowest BCUT2D eigenvalue weighted by molar-refractivity contribution is 0.0729. The molecule has 1 aliphatic rings. The highest BCUT2D eigenvalue weighted by Crippen LogP contribution is 2.30. The van der Waals surface area contributed by atoms with Gasteiger partial charge < -0.3 is 19.5 Å². The molecule has 1 heterocycles. The predicted molar refractivity (Wildman–Crippen MR) is 119 cm³/mol. The third-order valence-electron chi connectivity index (χ3n) is 5.69. The minimum absolute atomic E-state index is 0.0225. The second-order valence-electron chi connectivity index (χ2n) is 8.06. The van der Waals surface area contributed by atoms with Gasteiger partial charge in [-0.1, -0.05) is 23.4 Å². The van der Waals surface area contributed by atoms with Crippen LogP contribution in [0.3, 0.4) is 0 Å². The van der Waals surface area contributed by atoms with Crippen molar-refractivity contribution in [3.8, 4) is 5.75 Å². The molecular weight excluding hydrogens is 406 g/mol. The van der Waals surface area contributed by atoms with Crippen molar-refractivity contribution >= 4 is 11.8 Å². The average molecular weight is 434 g/mol. The maximum atomic E-state index is 13.3. The first kappa shape index (κ1) is 21.6. The van der Waals surface area contributed by atoms with Crippen LogP contribution in [-0.4, -0.2) is 35.0 Å². The van der Waals surface area contributed by atoms with Gasteiger partial charge in [0.1, 0.15) is 18.1 Å². The average Bonchev–Trinajstić information content (AvgIpc) is 3.61. The highest BCUT2D eigenvalue weighted by atomic mass is 16.5. The number of carbonyl (C=O) groups excluding carboxylic acids is 2. The molecule has 0 saturated heterocycles. The lowest BCUT2D eigenvalue weighted by Gasteiger charge is -2.23. The molecule has 2 aromatic carbocycles. The van der Waals surface area contributed by atoms with Crippen molar-refractivity contribution in [1.29, 1.82) is 0 Å². The summed E-state index contributed by atoms with van der Waals surface area (Å²) >= 11 is 0. The number of carbonyl (C=O) groups is 2. The molecule has 0 bridgehead atoms. The van der Waals surface area contributed by atoms with Crippen LogP contribution < -0.4 is 10.1 Å². The molecular formula is C25H27N3O4. The highest BCUT2D eigenvalue weighted by Gasteiger charge is 2.33. The number of benzene rings is 2. The Morgan fingerprint density at radius 2 is 1.88 bits per heavy atom. The lowest BCUT2D eigenvalue weighted by Crippen LogP contribution is -2.32. The molecule has 1 aliphatic carbocycles. The number of ether oxygens (including phenoxy) is 1. The fourth-order valence-electron chi connectivity index (χ4n) is 3.60. The molecule has 1 aromatic heterocycles. The summed E-state index contributed by atoms with van der Waals surface area (Å²) in [5.41, 5.74) is 3.90. The van der Waals surface area contributed by atoms with Crippen LogP contribution in [0.1, 0.15) is 56.1 Å². The maximum absolute atomic E-state index is 13.3. The van der Waals surface area contributed by atoms with Crippen LogP contribution in [0.25, 0.3) is 0 Å². The number of aryl methyl sites for hydroxylation is 2. The van der Waals surface area contributed by atoms with Gasteiger partial charge in [-0.25, -0.2) is 0 Å². The molecule has 0 atom stereocenters. The van der Waals surface area contributed by atoms with Crippen molar-refractivity contribution in [1.82, 2.24) is 15.4 Å². The van der Waals surface area contributed by atoms with E-state index < -0.39 is 0 Å². The van der Waals surface area contributed by atoms with E-state index in [2.05, 4.69) is 10.5 Å². The van der Waals surface area contributed by atoms with Crippen LogP contribution in [0.5, 0.6) is 5.75 Å². The first-order valence-corrected chi connectivity index (χ1v) is 10.7. The standard InChI is InChI=1S/C25H27N3O4/c1-16-23(17(2)32-27-16)15-31-22-6-4-5-20(13-22)25(30)28(21-11-12-21)14-18-7-9-19(10-8-18)24(29)26-3/h4-10,13,21H,11-12,14-15H2,1-3H3,(H,26,29). The van der Waals surface area contributed by atoms with Crippen molar-refractivity contribution < 1.29 is 18.8 Å². The number of nitrogens with one attached hydrogen (secondary N) is 1. The molecule has 0 radical (unpaired) electrons. The summed E-state index contributed by atoms with van der Waals surface area (Å²) in [6, 6.07) is 14.9. The van der Waals surface area contributed by atoms with E-state index in [1.54, 1.807) is 25.2 Å². The summed E-state index contributed by atoms with van der Waals surface area (Å²) in [7, 11) is 1.61. The summed E-state index contributed by atoms with van der Waals surface area (Å²) < 4.78 is 11.1. The van der Waals surface area contributed by atoms with Gasteiger partial charge in [0, 0.05) is 30.8 Å². The summed E-state index contributed by atoms with van der Waals surface area (Å²) in [5.74, 6) is 1.21. The zero-order valence-electron chi connectivity index (χ0n) is 18.6. The van der Waals surface area contributed by atoms with E-state index in [0.29, 0.717) is 30.0 Å². The SMILES string of the molecule is CNC(=O)c1ccc(CN(C(=O)c2cccc(OCc3c(C)noc3C)c2)C2CC2)cc1. The molecule has 0 aliphatic heterocycles. The zero-order valence-corrected chi connectivity index (χ0v) is 18.6. The van der Waals surface area contributed by atoms with Crippen molar-refractivity contribution in [2.24, 2.45) is 0 Å². The molecule has 1 N–H and O–H groups in total. The van der Waals surface area contributed by atoms with Crippen LogP contribution in [0, 0.1) is 13.8 Å². The Morgan fingerprint density at radius 1 is 1.12 bits per heavy atom. The topological polar surface area (TPSA) is 84.7 Å². The summed E-state index contributed by atoms with van der Waals surface area (Å²) in [6.45, 7) is 4.57. The third-order valence-corrected chi connectivity index (χ3v) is 5.69. The molecule has 166 valence electrons. The van der Waals surface area contributed by atoms with Crippen LogP contribution in [0.2, 0.25) is 0 Å². The van der Waals surface area contributed by atoms with Crippen molar-refractivity contribution in [3.05, 3.63) is 82.2 Å². The van der Waals surface area contributed by atoms with Gasteiger partial charge in [0.2, 0.25) is 0 Å². The van der Waals surface area contributed by atoms with Gasteiger partial charge in [0.25, 0.3) is 11.8 Å². The fraction of sp³-hybridized carbons (Fsp3) is 0.320. The maximum Gasteiger partial charge on any atom is 0.254 e. The van der Waals surface area contributed by atoms with Crippen LogP contribution in [0.15, 0.2) is 53.1 Å². The molecule has 2 amide bonds. The van der Waals surface area contributed by atoms with Gasteiger partial charge in [-0.3, -0.25) is 9.59 Å². The number of hydrogen-bond donors (Lipinski definition) is 1. The van der Waals surface area contributed by atoms with Gasteiger partial charge in [-0.2, -0.15) is 0 Å². The van der Waals surface area contributed by atoms with Gasteiger partial charge in [0.15, 0.2) is 0 Å². The van der Waals surface area contributed by atoms with E-state index in [0.717, 1.165) is 35.4 Å². The van der Waals surface area contributed by atoms with Crippen molar-refractivity contribution in [2.75, 3.05) is 7.05 Å². The van der Waals surface area contributed by atoms with E-state index in [9.17, 15) is 9.59 Å². The van der Waals surface area contributed by atoms with Gasteiger partial charge in [0.05, 0.1) is 11.3 Å². The molecule has 3 aromatic rings. The third kappa shape index (κ3) is 4.82. The number of rotatable bonds is 8. The summed E-state index contributed by atoms with van der Waals surface area (Å²) in [6.07, 6.45) is 2.01. The van der Waals surface area contributed by atoms with Crippen molar-refractivity contribution in [2.45, 2.75) is 45.9 Å². The smallest absolute Gasteiger partial charge is 0.254 e. The fourth-order valence-corrected chi connectivity index (χ4v) is 3.60. The molecule has 7 heteroatoms. The van der Waals surface area contributed by atoms with Gasteiger partial charge >= 0.3 is 0 Å². The minimum Gasteiger partial charge on any atom is -0.489 e. The summed E-state index contributed by atoms with van der Waals surface area (Å²) in [4.78, 5) is 27.0. The molecule has 1 saturated carbocycles. The summed E-state index contributed by atoms with van der Waals surface area (Å²) in [5, 5.41) is 6.56. The van der Waals surface area contributed by atoms with Gasteiger partial charge in [-0.05, 0) is 62.6 Å². The van der Waals surface area contributed by atoms with E-state index in [1.807, 2.05) is 49.1 Å². The Hall–Kier alpha value is -3.61. The number of hydrogen-bond acceptors (Lipinski definition) is 5. The van der Waals surface area contributed by atoms with Crippen LogP contribution >= 0.6 is 0 Å². The number of amides is 2. The van der Waals surface area contributed by atoms with E-state index in [-0.39, 0.29) is 17.9 Å². The van der Waals surface area contributed by atoms with Crippen LogP contribution in [0.4, 0.5) is 0 Å². The normalized spacial score (nSPS) is 13.0. The first-order valence-electron chi connectivity index (χ1n) is 10.7. The quantitative estimate of drug-likeness (QED) is 0.580. The zero-order chi connectivity index (χ0) is 22.7. The Kier molecular flexibility index (Phi) is 6.25. The van der Waals surface area contributed by atoms with Crippen molar-refractivity contribution in [3.63, 3.8) is 0 Å². The van der Waals surface area contributed by atoms with E-state index >= 15 is 0 Å². The Morgan fingerprint density at radius 3 is 2.50 bits per heavy atom. The molecule has 0 unspecified atom stereocenters. The monoisotopic (exact) mass is 433 g/mol. The molecule has 0 spiro atoms. The lowest BCUT2D eigenvalue weighted by atomic mass is 10.1. The second-order valence-corrected chi connectivity index (χ2v) is 8.06. The molecule has 7 nitrogen and oxygen atoms in total.